The van der Waals surface area contributed by atoms with E-state index in [1.165, 1.54) is 0 Å². The van der Waals surface area contributed by atoms with Crippen LogP contribution in [0.1, 0.15) is 25.4 Å². The van der Waals surface area contributed by atoms with Crippen molar-refractivity contribution in [2.24, 2.45) is 0 Å². The van der Waals surface area contributed by atoms with Crippen LogP contribution < -0.4 is 9.22 Å². The Hall–Kier alpha value is -2.40. The summed E-state index contributed by atoms with van der Waals surface area (Å²) < 4.78 is 11.9. The van der Waals surface area contributed by atoms with Gasteiger partial charge in [0.05, 0.1) is 20.2 Å². The summed E-state index contributed by atoms with van der Waals surface area (Å²) in [4.78, 5) is 9.11. The first-order chi connectivity index (χ1) is 11.3. The summed E-state index contributed by atoms with van der Waals surface area (Å²) in [5.41, 5.74) is 1.75. The first-order valence-corrected chi connectivity index (χ1v) is 8.14. The number of aryl methyl sites for hydroxylation is 2. The molecular weight excluding hydrogens is 302 g/mol. The van der Waals surface area contributed by atoms with Gasteiger partial charge < -0.3 is 9.15 Å². The second kappa shape index (κ2) is 5.91. The highest BCUT2D eigenvalue weighted by Gasteiger charge is 2.29. The number of rotatable bonds is 4. The summed E-state index contributed by atoms with van der Waals surface area (Å²) in [6, 6.07) is 10.2. The average molecular weight is 326 g/mol. The Labute approximate surface area is 142 Å². The van der Waals surface area contributed by atoms with Crippen molar-refractivity contribution in [2.75, 3.05) is 14.1 Å². The van der Waals surface area contributed by atoms with Gasteiger partial charge in [0, 0.05) is 12.1 Å². The fraction of sp³-hybridized carbons (Fsp3) is 0.368. The molecule has 3 aromatic rings. The highest BCUT2D eigenvalue weighted by Crippen LogP contribution is 2.36. The topological polar surface area (TPSA) is 48.2 Å². The molecule has 24 heavy (non-hydrogen) atoms. The Morgan fingerprint density at radius 3 is 2.33 bits per heavy atom. The molecule has 3 rings (SSSR count). The zero-order valence-electron chi connectivity index (χ0n) is 15.1. The minimum Gasteiger partial charge on any atom is -0.491 e. The van der Waals surface area contributed by atoms with Gasteiger partial charge in [0.25, 0.3) is 0 Å². The van der Waals surface area contributed by atoms with E-state index in [0.717, 1.165) is 28.4 Å². The van der Waals surface area contributed by atoms with E-state index >= 15 is 0 Å². The van der Waals surface area contributed by atoms with Crippen molar-refractivity contribution in [1.82, 2.24) is 14.5 Å². The molecule has 2 heterocycles. The Morgan fingerprint density at radius 1 is 1.04 bits per heavy atom. The van der Waals surface area contributed by atoms with E-state index in [1.54, 1.807) is 0 Å². The van der Waals surface area contributed by atoms with Crippen LogP contribution in [0, 0.1) is 13.8 Å². The number of hydrogen-bond acceptors (Lipinski definition) is 4. The summed E-state index contributed by atoms with van der Waals surface area (Å²) in [5.74, 6) is 3.34. The van der Waals surface area contributed by atoms with Crippen molar-refractivity contribution in [2.45, 2.75) is 33.8 Å². The number of fused-ring (bicyclic) bond motifs is 1. The van der Waals surface area contributed by atoms with Gasteiger partial charge in [0.1, 0.15) is 28.4 Å². The van der Waals surface area contributed by atoms with Crippen LogP contribution in [0.5, 0.6) is 5.75 Å². The molecule has 0 saturated heterocycles. The van der Waals surface area contributed by atoms with Gasteiger partial charge in [-0.3, -0.25) is 0 Å². The van der Waals surface area contributed by atoms with Crippen LogP contribution in [0.3, 0.4) is 0 Å². The van der Waals surface area contributed by atoms with Gasteiger partial charge >= 0.3 is 0 Å². The molecule has 0 saturated carbocycles. The highest BCUT2D eigenvalue weighted by molar-refractivity contribution is 5.87. The molecule has 0 spiro atoms. The maximum atomic E-state index is 5.73. The van der Waals surface area contributed by atoms with Gasteiger partial charge in [-0.25, -0.2) is 4.48 Å². The molecule has 0 aliphatic heterocycles. The van der Waals surface area contributed by atoms with Gasteiger partial charge in [0.15, 0.2) is 0 Å². The summed E-state index contributed by atoms with van der Waals surface area (Å²) in [5, 5.41) is 0.950. The number of ether oxygens (including phenoxy) is 1. The SMILES string of the molecule is Cc1nc([N+](C)(C)c2ccc(OC(C)C)cc2)c2cc(C)oc2n1. The molecule has 126 valence electrons. The lowest BCUT2D eigenvalue weighted by Gasteiger charge is -2.28. The third kappa shape index (κ3) is 2.99. The predicted octanol–water partition coefficient (Wildman–Crippen LogP) is 4.53. The Bertz CT molecular complexity index is 864. The smallest absolute Gasteiger partial charge is 0.247 e. The molecule has 0 fully saturated rings. The molecule has 0 bridgehead atoms. The van der Waals surface area contributed by atoms with Crippen molar-refractivity contribution in [3.05, 3.63) is 41.9 Å². The molecule has 0 radical (unpaired) electrons. The third-order valence-electron chi connectivity index (χ3n) is 3.99. The summed E-state index contributed by atoms with van der Waals surface area (Å²) in [7, 11) is 4.23. The van der Waals surface area contributed by atoms with E-state index in [-0.39, 0.29) is 6.10 Å². The highest BCUT2D eigenvalue weighted by atomic mass is 16.5. The molecule has 5 nitrogen and oxygen atoms in total. The monoisotopic (exact) mass is 326 g/mol. The number of hydrogen-bond donors (Lipinski definition) is 0. The van der Waals surface area contributed by atoms with Crippen molar-refractivity contribution < 1.29 is 9.15 Å². The molecular formula is C19H24N3O2+. The second-order valence-corrected chi connectivity index (χ2v) is 6.78. The lowest BCUT2D eigenvalue weighted by atomic mass is 10.2. The fourth-order valence-electron chi connectivity index (χ4n) is 2.85. The molecule has 0 atom stereocenters. The average Bonchev–Trinajstić information content (AvgIpc) is 2.86. The number of aromatic nitrogens is 2. The van der Waals surface area contributed by atoms with E-state index in [9.17, 15) is 0 Å². The minimum absolute atomic E-state index is 0.163. The van der Waals surface area contributed by atoms with Crippen LogP contribution in [-0.2, 0) is 0 Å². The molecule has 0 unspecified atom stereocenters. The van der Waals surface area contributed by atoms with Gasteiger partial charge in [-0.05, 0) is 45.9 Å². The fourth-order valence-corrected chi connectivity index (χ4v) is 2.85. The van der Waals surface area contributed by atoms with Crippen LogP contribution in [0.15, 0.2) is 34.7 Å². The van der Waals surface area contributed by atoms with Crippen LogP contribution in [-0.4, -0.2) is 30.2 Å². The molecule has 0 aliphatic carbocycles. The third-order valence-corrected chi connectivity index (χ3v) is 3.99. The zero-order valence-corrected chi connectivity index (χ0v) is 15.1. The molecule has 0 amide bonds. The second-order valence-electron chi connectivity index (χ2n) is 6.78. The maximum absolute atomic E-state index is 5.73. The molecule has 0 aliphatic rings. The van der Waals surface area contributed by atoms with Gasteiger partial charge in [0.2, 0.25) is 11.5 Å². The van der Waals surface area contributed by atoms with Crippen LogP contribution >= 0.6 is 0 Å². The van der Waals surface area contributed by atoms with E-state index in [0.29, 0.717) is 16.0 Å². The standard InChI is InChI=1S/C19H24N3O2/c1-12(2)23-16-9-7-15(8-10-16)22(5,6)18-17-11-13(3)24-19(17)21-14(4)20-18/h7-12H,1-6H3/q+1. The number of benzene rings is 1. The Kier molecular flexibility index (Phi) is 4.05. The quantitative estimate of drug-likeness (QED) is 0.661. The van der Waals surface area contributed by atoms with E-state index in [1.807, 2.05) is 45.9 Å². The molecule has 2 aromatic heterocycles. The number of furan rings is 1. The van der Waals surface area contributed by atoms with Crippen LogP contribution in [0.25, 0.3) is 11.1 Å². The van der Waals surface area contributed by atoms with Crippen molar-refractivity contribution in [1.29, 1.82) is 0 Å². The normalized spacial score (nSPS) is 12.1. The Morgan fingerprint density at radius 2 is 1.71 bits per heavy atom. The summed E-state index contributed by atoms with van der Waals surface area (Å²) >= 11 is 0. The van der Waals surface area contributed by atoms with Crippen LogP contribution in [0.2, 0.25) is 0 Å². The Balaban J connectivity index is 2.07. The zero-order chi connectivity index (χ0) is 17.5. The van der Waals surface area contributed by atoms with Gasteiger partial charge in [-0.2, -0.15) is 9.97 Å². The lowest BCUT2D eigenvalue weighted by molar-refractivity contribution is 0.242. The maximum Gasteiger partial charge on any atom is 0.247 e. The lowest BCUT2D eigenvalue weighted by Crippen LogP contribution is -2.35. The van der Waals surface area contributed by atoms with Crippen molar-refractivity contribution >= 4 is 22.6 Å². The van der Waals surface area contributed by atoms with Crippen molar-refractivity contribution in [3.63, 3.8) is 0 Å². The van der Waals surface area contributed by atoms with Crippen LogP contribution in [0.4, 0.5) is 11.5 Å². The number of quaternary nitrogens is 1. The van der Waals surface area contributed by atoms with E-state index in [2.05, 4.69) is 31.2 Å². The first-order valence-electron chi connectivity index (χ1n) is 8.14. The van der Waals surface area contributed by atoms with E-state index in [4.69, 9.17) is 14.1 Å². The molecule has 5 heteroatoms. The van der Waals surface area contributed by atoms with Gasteiger partial charge in [-0.15, -0.1) is 0 Å². The van der Waals surface area contributed by atoms with E-state index < -0.39 is 0 Å². The number of nitrogens with zero attached hydrogens (tertiary/aromatic N) is 3. The molecule has 1 aromatic carbocycles. The summed E-state index contributed by atoms with van der Waals surface area (Å²) in [6.07, 6.45) is 0.163. The minimum atomic E-state index is 0.163. The summed E-state index contributed by atoms with van der Waals surface area (Å²) in [6.45, 7) is 7.87. The largest absolute Gasteiger partial charge is 0.491 e. The first kappa shape index (κ1) is 16.5. The van der Waals surface area contributed by atoms with Gasteiger partial charge in [-0.1, -0.05) is 0 Å². The van der Waals surface area contributed by atoms with Crippen molar-refractivity contribution in [3.8, 4) is 5.75 Å². The molecule has 0 N–H and O–H groups in total. The predicted molar refractivity (Wildman–Crippen MR) is 96.8 cm³/mol.